The molecular weight excluding hydrogens is 231 g/mol. The molecular formula is C9H21N2O4P. The quantitative estimate of drug-likeness (QED) is 0.426. The number of rotatable bonds is 6. The molecule has 0 aromatic heterocycles. The van der Waals surface area contributed by atoms with Crippen LogP contribution in [0.15, 0.2) is 0 Å². The standard InChI is InChI=1S/C9H21N2O4P/c1-3-5-11(6-4-2)16(13)10-7-9(15-12)8-14-16/h9,12H,3-8H2,1-2H3,(H,10,13). The number of nitrogens with zero attached hydrogens (tertiary/aromatic N) is 1. The highest BCUT2D eigenvalue weighted by Gasteiger charge is 2.36. The SMILES string of the molecule is CCCN(CCC)P1(=O)NCC(OO)CO1. The molecule has 1 heterocycles. The van der Waals surface area contributed by atoms with Gasteiger partial charge in [-0.1, -0.05) is 13.8 Å². The molecule has 1 fully saturated rings. The fourth-order valence-electron chi connectivity index (χ4n) is 1.65. The van der Waals surface area contributed by atoms with Gasteiger partial charge >= 0.3 is 7.67 Å². The normalized spacial score (nSPS) is 30.9. The van der Waals surface area contributed by atoms with E-state index in [4.69, 9.17) is 9.78 Å². The highest BCUT2D eigenvalue weighted by atomic mass is 31.2. The fraction of sp³-hybridized carbons (Fsp3) is 1.00. The van der Waals surface area contributed by atoms with Gasteiger partial charge in [0.15, 0.2) is 0 Å². The molecule has 16 heavy (non-hydrogen) atoms. The summed E-state index contributed by atoms with van der Waals surface area (Å²) >= 11 is 0. The lowest BCUT2D eigenvalue weighted by Gasteiger charge is -2.35. The summed E-state index contributed by atoms with van der Waals surface area (Å²) < 4.78 is 19.6. The molecule has 0 aromatic carbocycles. The Bertz CT molecular complexity index is 234. The van der Waals surface area contributed by atoms with Crippen molar-refractivity contribution >= 4 is 7.67 Å². The first-order valence-electron chi connectivity index (χ1n) is 5.71. The molecule has 1 aliphatic rings. The molecule has 2 atom stereocenters. The smallest absolute Gasteiger partial charge is 0.303 e. The van der Waals surface area contributed by atoms with E-state index in [1.165, 1.54) is 0 Å². The maximum Gasteiger partial charge on any atom is 0.343 e. The van der Waals surface area contributed by atoms with Crippen LogP contribution >= 0.6 is 7.67 Å². The van der Waals surface area contributed by atoms with Crippen molar-refractivity contribution in [3.8, 4) is 0 Å². The molecule has 1 rings (SSSR count). The third kappa shape index (κ3) is 3.52. The second kappa shape index (κ2) is 6.69. The monoisotopic (exact) mass is 252 g/mol. The molecule has 0 aromatic rings. The summed E-state index contributed by atoms with van der Waals surface area (Å²) in [4.78, 5) is 4.16. The molecule has 0 spiro atoms. The van der Waals surface area contributed by atoms with Gasteiger partial charge in [-0.2, -0.15) is 0 Å². The zero-order valence-corrected chi connectivity index (χ0v) is 10.8. The van der Waals surface area contributed by atoms with Crippen LogP contribution in [0.1, 0.15) is 26.7 Å². The minimum atomic E-state index is -2.91. The summed E-state index contributed by atoms with van der Waals surface area (Å²) in [6.45, 7) is 6.06. The molecule has 96 valence electrons. The van der Waals surface area contributed by atoms with Crippen molar-refractivity contribution in [1.29, 1.82) is 0 Å². The number of hydrogen-bond donors (Lipinski definition) is 2. The molecule has 2 N–H and O–H groups in total. The van der Waals surface area contributed by atoms with Crippen molar-refractivity contribution in [2.45, 2.75) is 32.8 Å². The zero-order chi connectivity index (χ0) is 12.0. The molecule has 0 saturated carbocycles. The van der Waals surface area contributed by atoms with Crippen LogP contribution in [0, 0.1) is 0 Å². The Labute approximate surface area is 96.4 Å². The van der Waals surface area contributed by atoms with Crippen LogP contribution in [0.5, 0.6) is 0 Å². The number of hydrogen-bond acceptors (Lipinski definition) is 4. The largest absolute Gasteiger partial charge is 0.343 e. The van der Waals surface area contributed by atoms with E-state index in [9.17, 15) is 4.57 Å². The summed E-state index contributed by atoms with van der Waals surface area (Å²) in [6.07, 6.45) is 1.41. The molecule has 1 aliphatic heterocycles. The van der Waals surface area contributed by atoms with Gasteiger partial charge in [0.1, 0.15) is 6.10 Å². The Kier molecular flexibility index (Phi) is 5.89. The van der Waals surface area contributed by atoms with Crippen LogP contribution in [0.2, 0.25) is 0 Å². The van der Waals surface area contributed by atoms with Gasteiger partial charge in [-0.25, -0.2) is 14.6 Å². The van der Waals surface area contributed by atoms with Crippen LogP contribution in [0.4, 0.5) is 0 Å². The minimum absolute atomic E-state index is 0.157. The van der Waals surface area contributed by atoms with E-state index >= 15 is 0 Å². The first-order chi connectivity index (χ1) is 7.66. The summed E-state index contributed by atoms with van der Waals surface area (Å²) in [7, 11) is -2.91. The molecule has 2 unspecified atom stereocenters. The molecule has 0 radical (unpaired) electrons. The average Bonchev–Trinajstić information content (AvgIpc) is 2.30. The summed E-state index contributed by atoms with van der Waals surface area (Å²) in [6, 6.07) is 0. The van der Waals surface area contributed by atoms with Crippen molar-refractivity contribution in [2.24, 2.45) is 0 Å². The average molecular weight is 252 g/mol. The highest BCUT2D eigenvalue weighted by molar-refractivity contribution is 7.54. The molecule has 7 heteroatoms. The Hall–Kier alpha value is 0.0300. The molecule has 0 amide bonds. The van der Waals surface area contributed by atoms with E-state index in [1.54, 1.807) is 0 Å². The van der Waals surface area contributed by atoms with Crippen LogP contribution in [0.3, 0.4) is 0 Å². The van der Waals surface area contributed by atoms with Gasteiger partial charge in [-0.3, -0.25) is 9.82 Å². The lowest BCUT2D eigenvalue weighted by molar-refractivity contribution is -0.283. The first-order valence-corrected chi connectivity index (χ1v) is 7.29. The summed E-state index contributed by atoms with van der Waals surface area (Å²) in [5.41, 5.74) is 0. The van der Waals surface area contributed by atoms with E-state index < -0.39 is 13.8 Å². The van der Waals surface area contributed by atoms with E-state index in [2.05, 4.69) is 9.97 Å². The minimum Gasteiger partial charge on any atom is -0.303 e. The van der Waals surface area contributed by atoms with E-state index in [0.717, 1.165) is 25.9 Å². The predicted octanol–water partition coefficient (Wildman–Crippen LogP) is 1.69. The number of nitrogens with one attached hydrogen (secondary N) is 1. The molecule has 1 saturated heterocycles. The maximum atomic E-state index is 12.4. The Morgan fingerprint density at radius 1 is 1.50 bits per heavy atom. The maximum absolute atomic E-state index is 12.4. The Morgan fingerprint density at radius 3 is 2.50 bits per heavy atom. The third-order valence-corrected chi connectivity index (χ3v) is 4.67. The van der Waals surface area contributed by atoms with Gasteiger partial charge in [0.25, 0.3) is 0 Å². The predicted molar refractivity (Wildman–Crippen MR) is 61.2 cm³/mol. The van der Waals surface area contributed by atoms with Gasteiger partial charge in [-0.05, 0) is 12.8 Å². The second-order valence-corrected chi connectivity index (χ2v) is 6.04. The van der Waals surface area contributed by atoms with Gasteiger partial charge in [0.2, 0.25) is 0 Å². The topological polar surface area (TPSA) is 71.0 Å². The fourth-order valence-corrected chi connectivity index (χ4v) is 3.83. The molecule has 6 nitrogen and oxygen atoms in total. The Balaban J connectivity index is 2.58. The first kappa shape index (κ1) is 14.1. The summed E-state index contributed by atoms with van der Waals surface area (Å²) in [5, 5.41) is 11.3. The second-order valence-electron chi connectivity index (χ2n) is 3.86. The zero-order valence-electron chi connectivity index (χ0n) is 9.89. The van der Waals surface area contributed by atoms with Crippen LogP contribution in [-0.2, 0) is 14.0 Å². The van der Waals surface area contributed by atoms with Crippen molar-refractivity contribution in [3.63, 3.8) is 0 Å². The van der Waals surface area contributed by atoms with Gasteiger partial charge in [0, 0.05) is 19.6 Å². The van der Waals surface area contributed by atoms with Crippen LogP contribution in [0.25, 0.3) is 0 Å². The van der Waals surface area contributed by atoms with Crippen LogP contribution < -0.4 is 5.09 Å². The van der Waals surface area contributed by atoms with E-state index in [-0.39, 0.29) is 6.61 Å². The summed E-state index contributed by atoms with van der Waals surface area (Å²) in [5.74, 6) is 0. The van der Waals surface area contributed by atoms with Gasteiger partial charge < -0.3 is 4.52 Å². The van der Waals surface area contributed by atoms with Crippen molar-refractivity contribution in [3.05, 3.63) is 0 Å². The lowest BCUT2D eigenvalue weighted by Crippen LogP contribution is -2.42. The van der Waals surface area contributed by atoms with Gasteiger partial charge in [-0.15, -0.1) is 0 Å². The molecule has 0 aliphatic carbocycles. The van der Waals surface area contributed by atoms with Crippen LogP contribution in [-0.4, -0.2) is 42.3 Å². The Morgan fingerprint density at radius 2 is 2.12 bits per heavy atom. The van der Waals surface area contributed by atoms with Crippen molar-refractivity contribution in [2.75, 3.05) is 26.2 Å². The van der Waals surface area contributed by atoms with E-state index in [1.807, 2.05) is 18.5 Å². The molecule has 0 bridgehead atoms. The highest BCUT2D eigenvalue weighted by Crippen LogP contribution is 2.48. The van der Waals surface area contributed by atoms with E-state index in [0.29, 0.717) is 6.54 Å². The third-order valence-electron chi connectivity index (χ3n) is 2.44. The van der Waals surface area contributed by atoms with Crippen molar-refractivity contribution < 1.29 is 19.2 Å². The van der Waals surface area contributed by atoms with Crippen molar-refractivity contribution in [1.82, 2.24) is 9.76 Å². The van der Waals surface area contributed by atoms with Gasteiger partial charge in [0.05, 0.1) is 6.61 Å². The lowest BCUT2D eigenvalue weighted by atomic mass is 10.4.